The second-order valence-electron chi connectivity index (χ2n) is 13.5. The third kappa shape index (κ3) is 6.94. The third-order valence-corrected chi connectivity index (χ3v) is 10.4. The van der Waals surface area contributed by atoms with E-state index in [1.807, 2.05) is 0 Å². The van der Waals surface area contributed by atoms with Crippen molar-refractivity contribution in [3.63, 3.8) is 0 Å². The summed E-state index contributed by atoms with van der Waals surface area (Å²) in [6.45, 7) is 2.69. The molecular weight excluding hydrogens is 658 g/mol. The Morgan fingerprint density at radius 2 is 1.70 bits per heavy atom. The molecule has 2 aromatic carbocycles. The summed E-state index contributed by atoms with van der Waals surface area (Å²) in [5.74, 6) is -2.75. The maximum Gasteiger partial charge on any atom is 0.416 e. The maximum absolute atomic E-state index is 17.7. The maximum atomic E-state index is 17.7. The number of halogens is 4. The molecule has 4 heterocycles. The van der Waals surface area contributed by atoms with Gasteiger partial charge in [-0.3, -0.25) is 9.59 Å². The molecule has 0 spiro atoms. The van der Waals surface area contributed by atoms with E-state index in [1.54, 1.807) is 47.1 Å². The van der Waals surface area contributed by atoms with Crippen LogP contribution < -0.4 is 14.5 Å². The number of piperidine rings is 1. The summed E-state index contributed by atoms with van der Waals surface area (Å²) >= 11 is 0. The molecule has 268 valence electrons. The van der Waals surface area contributed by atoms with Gasteiger partial charge in [0.05, 0.1) is 31.7 Å². The summed E-state index contributed by atoms with van der Waals surface area (Å²) in [5.41, 5.74) is -0.921. The van der Waals surface area contributed by atoms with Crippen LogP contribution in [0.4, 0.5) is 29.1 Å². The predicted octanol–water partition coefficient (Wildman–Crippen LogP) is 5.31. The zero-order chi connectivity index (χ0) is 35.8. The summed E-state index contributed by atoms with van der Waals surface area (Å²) < 4.78 is 70.4. The molecule has 0 aliphatic carbocycles. The fourth-order valence-corrected chi connectivity index (χ4v) is 7.74. The number of aromatic nitrogens is 2. The number of amides is 1. The number of carboxylic acids is 1. The Bertz CT molecular complexity index is 1700. The minimum Gasteiger partial charge on any atom is -0.497 e. The molecule has 3 aliphatic rings. The van der Waals surface area contributed by atoms with E-state index in [0.717, 1.165) is 12.1 Å². The van der Waals surface area contributed by atoms with Gasteiger partial charge >= 0.3 is 12.1 Å². The topological polar surface area (TPSA) is 108 Å². The molecule has 1 N–H and O–H groups in total. The Labute approximate surface area is 288 Å². The van der Waals surface area contributed by atoms with Crippen molar-refractivity contribution < 1.29 is 41.7 Å². The van der Waals surface area contributed by atoms with Gasteiger partial charge in [0, 0.05) is 75.0 Å². The van der Waals surface area contributed by atoms with E-state index in [1.165, 1.54) is 31.5 Å². The minimum absolute atomic E-state index is 0.0738. The number of carbonyl (C=O) groups is 2. The van der Waals surface area contributed by atoms with Crippen LogP contribution in [0.15, 0.2) is 54.9 Å². The predicted molar refractivity (Wildman–Crippen MR) is 177 cm³/mol. The number of alkyl halides is 4. The van der Waals surface area contributed by atoms with Gasteiger partial charge in [-0.1, -0.05) is 18.2 Å². The summed E-state index contributed by atoms with van der Waals surface area (Å²) in [7, 11) is 3.05. The normalized spacial score (nSPS) is 24.5. The number of methoxy groups -OCH3 is 2. The molecule has 3 aliphatic heterocycles. The Morgan fingerprint density at radius 1 is 0.980 bits per heavy atom. The van der Waals surface area contributed by atoms with Crippen LogP contribution in [0, 0.1) is 18.8 Å². The molecule has 3 saturated heterocycles. The fraction of sp³-hybridized carbons (Fsp3) is 0.500. The number of carbonyl (C=O) groups excluding carboxylic acids is 1. The molecule has 3 aromatic rings. The quantitative estimate of drug-likeness (QED) is 0.297. The number of carboxylic acid groups (broad SMARTS) is 1. The smallest absolute Gasteiger partial charge is 0.416 e. The number of hydrogen-bond donors (Lipinski definition) is 1. The summed E-state index contributed by atoms with van der Waals surface area (Å²) in [4.78, 5) is 39.7. The average molecular weight is 700 g/mol. The van der Waals surface area contributed by atoms with Crippen LogP contribution in [-0.4, -0.2) is 97.6 Å². The molecule has 0 saturated carbocycles. The number of nitrogens with zero attached hydrogens (tertiary/aromatic N) is 5. The van der Waals surface area contributed by atoms with Crippen molar-refractivity contribution in [1.82, 2.24) is 14.9 Å². The van der Waals surface area contributed by atoms with Crippen molar-refractivity contribution in [3.05, 3.63) is 77.2 Å². The van der Waals surface area contributed by atoms with Crippen molar-refractivity contribution >= 4 is 23.4 Å². The van der Waals surface area contributed by atoms with E-state index in [-0.39, 0.29) is 51.8 Å². The van der Waals surface area contributed by atoms with Crippen LogP contribution in [0.2, 0.25) is 0 Å². The number of aliphatic carboxylic acids is 1. The lowest BCUT2D eigenvalue weighted by molar-refractivity contribution is -0.143. The highest BCUT2D eigenvalue weighted by atomic mass is 19.4. The Hall–Kier alpha value is -4.46. The molecule has 1 aromatic heterocycles. The summed E-state index contributed by atoms with van der Waals surface area (Å²) in [6.07, 6.45) is -2.61. The molecule has 4 atom stereocenters. The SMILES string of the molecule is COC[C@H]1CN(C(=O)[C@]2(F)CN(c3cc(C)ncn3)C[C@H]2c2ccc(OC)cc2)C[C@@H]1c1ccc(C(F)(F)F)cc1N1CCC(C(=O)O)CC1. The van der Waals surface area contributed by atoms with Gasteiger partial charge in [0.2, 0.25) is 5.67 Å². The highest BCUT2D eigenvalue weighted by molar-refractivity contribution is 5.89. The fourth-order valence-electron chi connectivity index (χ4n) is 7.74. The van der Waals surface area contributed by atoms with E-state index in [9.17, 15) is 27.9 Å². The first-order valence-corrected chi connectivity index (χ1v) is 16.7. The molecule has 1 amide bonds. The molecule has 50 heavy (non-hydrogen) atoms. The van der Waals surface area contributed by atoms with Crippen LogP contribution in [0.25, 0.3) is 0 Å². The summed E-state index contributed by atoms with van der Waals surface area (Å²) in [6, 6.07) is 12.3. The first-order chi connectivity index (χ1) is 23.8. The average Bonchev–Trinajstić information content (AvgIpc) is 3.69. The van der Waals surface area contributed by atoms with Crippen molar-refractivity contribution in [2.75, 3.05) is 69.9 Å². The zero-order valence-corrected chi connectivity index (χ0v) is 28.2. The largest absolute Gasteiger partial charge is 0.497 e. The van der Waals surface area contributed by atoms with Crippen molar-refractivity contribution in [2.45, 2.75) is 43.4 Å². The van der Waals surface area contributed by atoms with Crippen LogP contribution in [0.1, 0.15) is 47.1 Å². The van der Waals surface area contributed by atoms with Crippen molar-refractivity contribution in [2.24, 2.45) is 11.8 Å². The molecular formula is C36H41F4N5O5. The molecule has 0 bridgehead atoms. The highest BCUT2D eigenvalue weighted by Crippen LogP contribution is 2.46. The van der Waals surface area contributed by atoms with Gasteiger partial charge < -0.3 is 29.3 Å². The lowest BCUT2D eigenvalue weighted by atomic mass is 9.85. The van der Waals surface area contributed by atoms with Crippen LogP contribution in [0.3, 0.4) is 0 Å². The Morgan fingerprint density at radius 3 is 2.32 bits per heavy atom. The van der Waals surface area contributed by atoms with Gasteiger partial charge in [-0.15, -0.1) is 0 Å². The number of benzene rings is 2. The van der Waals surface area contributed by atoms with Crippen LogP contribution in [0.5, 0.6) is 5.75 Å². The van der Waals surface area contributed by atoms with Gasteiger partial charge in [-0.05, 0) is 55.2 Å². The first-order valence-electron chi connectivity index (χ1n) is 16.7. The number of rotatable bonds is 9. The van der Waals surface area contributed by atoms with E-state index in [2.05, 4.69) is 9.97 Å². The number of anilines is 2. The van der Waals surface area contributed by atoms with Crippen LogP contribution >= 0.6 is 0 Å². The second kappa shape index (κ2) is 14.0. The Kier molecular flexibility index (Phi) is 9.93. The lowest BCUT2D eigenvalue weighted by Gasteiger charge is -2.35. The first kappa shape index (κ1) is 35.4. The molecule has 3 fully saturated rings. The van der Waals surface area contributed by atoms with E-state index in [0.29, 0.717) is 46.9 Å². The molecule has 0 unspecified atom stereocenters. The molecule has 6 rings (SSSR count). The molecule has 14 heteroatoms. The van der Waals surface area contributed by atoms with Gasteiger partial charge in [0.25, 0.3) is 5.91 Å². The number of ether oxygens (including phenoxy) is 2. The van der Waals surface area contributed by atoms with E-state index < -0.39 is 47.0 Å². The second-order valence-corrected chi connectivity index (χ2v) is 13.5. The summed E-state index contributed by atoms with van der Waals surface area (Å²) in [5, 5.41) is 9.50. The molecule has 0 radical (unpaired) electrons. The Balaban J connectivity index is 1.34. The van der Waals surface area contributed by atoms with Gasteiger partial charge in [-0.25, -0.2) is 14.4 Å². The third-order valence-electron chi connectivity index (χ3n) is 10.4. The minimum atomic E-state index is -4.59. The van der Waals surface area contributed by atoms with E-state index in [4.69, 9.17) is 9.47 Å². The van der Waals surface area contributed by atoms with Crippen molar-refractivity contribution in [3.8, 4) is 5.75 Å². The number of hydrogen-bond acceptors (Lipinski definition) is 8. The standard InChI is InChI=1S/C36H41F4N5O5/c1-22-14-32(42-21-41-22)45-18-30(23-4-7-27(50-3)8-5-23)35(37,20-45)34(48)44-16-25(19-49-2)29(17-44)28-9-6-26(36(38,39)40)15-31(28)43-12-10-24(11-13-43)33(46)47/h4-9,14-15,21,24-25,29-30H,10-13,16-20H2,1-3H3,(H,46,47)/t25-,29+,30+,35+/m1/s1. The number of aryl methyl sites for hydroxylation is 1. The monoisotopic (exact) mass is 699 g/mol. The van der Waals surface area contributed by atoms with Crippen molar-refractivity contribution in [1.29, 1.82) is 0 Å². The van der Waals surface area contributed by atoms with Gasteiger partial charge in [0.1, 0.15) is 17.9 Å². The zero-order valence-electron chi connectivity index (χ0n) is 28.2. The van der Waals surface area contributed by atoms with Crippen LogP contribution in [-0.2, 0) is 20.5 Å². The van der Waals surface area contributed by atoms with E-state index >= 15 is 4.39 Å². The van der Waals surface area contributed by atoms with Gasteiger partial charge in [0.15, 0.2) is 0 Å². The molecule has 10 nitrogen and oxygen atoms in total. The highest BCUT2D eigenvalue weighted by Gasteiger charge is 2.57. The number of likely N-dealkylation sites (tertiary alicyclic amines) is 1. The van der Waals surface area contributed by atoms with Gasteiger partial charge in [-0.2, -0.15) is 13.2 Å². The lowest BCUT2D eigenvalue weighted by Crippen LogP contribution is -2.50.